The first-order chi connectivity index (χ1) is 10.6. The molecule has 0 rings (SSSR count). The van der Waals surface area contributed by atoms with Gasteiger partial charge in [-0.05, 0) is 51.1 Å². The van der Waals surface area contributed by atoms with E-state index in [4.69, 9.17) is 5.73 Å². The van der Waals surface area contributed by atoms with E-state index in [-0.39, 0.29) is 0 Å². The SMILES string of the molecule is C#C.C=CC(C)NCCC(CCC)(CCC)CCC.CCN. The number of nitrogens with one attached hydrogen (secondary N) is 1. The highest BCUT2D eigenvalue weighted by Gasteiger charge is 2.26. The molecule has 0 bridgehead atoms. The van der Waals surface area contributed by atoms with Gasteiger partial charge in [0.15, 0.2) is 0 Å². The molecule has 0 radical (unpaired) electrons. The average molecular weight is 311 g/mol. The van der Waals surface area contributed by atoms with Gasteiger partial charge in [-0.1, -0.05) is 53.0 Å². The third-order valence-corrected chi connectivity index (χ3v) is 3.82. The monoisotopic (exact) mass is 310 g/mol. The fraction of sp³-hybridized carbons (Fsp3) is 0.800. The van der Waals surface area contributed by atoms with Gasteiger partial charge in [-0.15, -0.1) is 19.4 Å². The Kier molecular flexibility index (Phi) is 24.0. The molecule has 0 fully saturated rings. The molecule has 132 valence electrons. The third kappa shape index (κ3) is 15.6. The molecular formula is C20H42N2. The number of nitrogens with two attached hydrogens (primary N) is 1. The highest BCUT2D eigenvalue weighted by molar-refractivity contribution is 4.84. The highest BCUT2D eigenvalue weighted by atomic mass is 14.9. The fourth-order valence-corrected chi connectivity index (χ4v) is 2.99. The molecule has 0 heterocycles. The molecule has 2 nitrogen and oxygen atoms in total. The predicted octanol–water partition coefficient (Wildman–Crippen LogP) is 5.14. The van der Waals surface area contributed by atoms with Crippen LogP contribution in [-0.4, -0.2) is 19.1 Å². The summed E-state index contributed by atoms with van der Waals surface area (Å²) in [5.41, 5.74) is 5.44. The summed E-state index contributed by atoms with van der Waals surface area (Å²) in [7, 11) is 0. The van der Waals surface area contributed by atoms with Crippen molar-refractivity contribution in [1.82, 2.24) is 5.32 Å². The van der Waals surface area contributed by atoms with E-state index < -0.39 is 0 Å². The topological polar surface area (TPSA) is 38.0 Å². The van der Waals surface area contributed by atoms with Crippen molar-refractivity contribution in [1.29, 1.82) is 0 Å². The molecule has 0 saturated heterocycles. The van der Waals surface area contributed by atoms with E-state index in [1.165, 1.54) is 44.9 Å². The zero-order valence-corrected chi connectivity index (χ0v) is 16.0. The summed E-state index contributed by atoms with van der Waals surface area (Å²) < 4.78 is 0. The first-order valence-corrected chi connectivity index (χ1v) is 8.95. The van der Waals surface area contributed by atoms with Gasteiger partial charge in [-0.25, -0.2) is 0 Å². The number of hydrogen-bond acceptors (Lipinski definition) is 2. The Morgan fingerprint density at radius 2 is 1.36 bits per heavy atom. The molecule has 0 saturated carbocycles. The molecule has 0 aliphatic carbocycles. The summed E-state index contributed by atoms with van der Waals surface area (Å²) >= 11 is 0. The van der Waals surface area contributed by atoms with Crippen LogP contribution in [0, 0.1) is 18.3 Å². The van der Waals surface area contributed by atoms with Crippen LogP contribution in [0.1, 0.15) is 79.6 Å². The molecule has 0 aliphatic rings. The number of hydrogen-bond donors (Lipinski definition) is 2. The van der Waals surface area contributed by atoms with Crippen LogP contribution in [-0.2, 0) is 0 Å². The standard InChI is InChI=1S/C16H33N.C2H7N.C2H2/c1-6-10-16(11-7-2,12-8-3)13-14-17-15(5)9-4;1-2-3;1-2/h9,15,17H,4,6-8,10-14H2,1-3,5H3;2-3H2,1H3;1-2H. The van der Waals surface area contributed by atoms with E-state index in [0.29, 0.717) is 11.5 Å². The lowest BCUT2D eigenvalue weighted by molar-refractivity contribution is 0.190. The molecule has 0 amide bonds. The molecule has 3 N–H and O–H groups in total. The third-order valence-electron chi connectivity index (χ3n) is 3.82. The Morgan fingerprint density at radius 3 is 1.64 bits per heavy atom. The van der Waals surface area contributed by atoms with Crippen molar-refractivity contribution in [2.45, 2.75) is 85.6 Å². The Labute approximate surface area is 141 Å². The maximum atomic E-state index is 4.85. The second-order valence-electron chi connectivity index (χ2n) is 5.89. The van der Waals surface area contributed by atoms with Crippen LogP contribution in [0.2, 0.25) is 0 Å². The number of terminal acetylenes is 1. The van der Waals surface area contributed by atoms with Crippen molar-refractivity contribution >= 4 is 0 Å². The van der Waals surface area contributed by atoms with E-state index in [1.807, 2.05) is 13.0 Å². The molecule has 0 aromatic carbocycles. The van der Waals surface area contributed by atoms with Crippen LogP contribution >= 0.6 is 0 Å². The van der Waals surface area contributed by atoms with E-state index >= 15 is 0 Å². The Bertz CT molecular complexity index is 216. The molecule has 1 atom stereocenters. The fourth-order valence-electron chi connectivity index (χ4n) is 2.99. The molecular weight excluding hydrogens is 268 g/mol. The zero-order valence-electron chi connectivity index (χ0n) is 16.0. The first kappa shape index (κ1) is 26.1. The van der Waals surface area contributed by atoms with Crippen LogP contribution in [0.15, 0.2) is 12.7 Å². The summed E-state index contributed by atoms with van der Waals surface area (Å²) in [6, 6.07) is 0.442. The van der Waals surface area contributed by atoms with E-state index in [0.717, 1.165) is 13.1 Å². The molecule has 2 heteroatoms. The van der Waals surface area contributed by atoms with Gasteiger partial charge in [-0.2, -0.15) is 0 Å². The minimum atomic E-state index is 0.442. The molecule has 0 aromatic heterocycles. The maximum absolute atomic E-state index is 4.85. The molecule has 0 aromatic rings. The van der Waals surface area contributed by atoms with Crippen molar-refractivity contribution in [2.75, 3.05) is 13.1 Å². The van der Waals surface area contributed by atoms with Crippen LogP contribution in [0.4, 0.5) is 0 Å². The van der Waals surface area contributed by atoms with E-state index in [2.05, 4.69) is 52.4 Å². The Hall–Kier alpha value is -0.780. The normalized spacial score (nSPS) is 11.5. The average Bonchev–Trinajstić information content (AvgIpc) is 2.50. The molecule has 0 aliphatic heterocycles. The smallest absolute Gasteiger partial charge is 0.0219 e. The summed E-state index contributed by atoms with van der Waals surface area (Å²) in [6.07, 6.45) is 19.4. The molecule has 22 heavy (non-hydrogen) atoms. The lowest BCUT2D eigenvalue weighted by Gasteiger charge is -2.34. The van der Waals surface area contributed by atoms with Crippen molar-refractivity contribution in [2.24, 2.45) is 11.1 Å². The highest BCUT2D eigenvalue weighted by Crippen LogP contribution is 2.38. The van der Waals surface area contributed by atoms with Crippen molar-refractivity contribution in [3.63, 3.8) is 0 Å². The van der Waals surface area contributed by atoms with Gasteiger partial charge in [0.1, 0.15) is 0 Å². The van der Waals surface area contributed by atoms with Crippen molar-refractivity contribution in [3.05, 3.63) is 12.7 Å². The van der Waals surface area contributed by atoms with Crippen molar-refractivity contribution in [3.8, 4) is 12.8 Å². The molecule has 0 spiro atoms. The largest absolute Gasteiger partial charge is 0.331 e. The van der Waals surface area contributed by atoms with Gasteiger partial charge >= 0.3 is 0 Å². The summed E-state index contributed by atoms with van der Waals surface area (Å²) in [5, 5.41) is 3.54. The second kappa shape index (κ2) is 20.2. The summed E-state index contributed by atoms with van der Waals surface area (Å²) in [6.45, 7) is 16.7. The van der Waals surface area contributed by atoms with Gasteiger partial charge in [0.2, 0.25) is 0 Å². The number of rotatable bonds is 11. The van der Waals surface area contributed by atoms with Gasteiger partial charge < -0.3 is 11.1 Å². The van der Waals surface area contributed by atoms with Crippen LogP contribution < -0.4 is 11.1 Å². The summed E-state index contributed by atoms with van der Waals surface area (Å²) in [5.74, 6) is 0. The minimum absolute atomic E-state index is 0.442. The zero-order chi connectivity index (χ0) is 17.9. The Balaban J connectivity index is -0.000000637. The van der Waals surface area contributed by atoms with Gasteiger partial charge in [0.25, 0.3) is 0 Å². The van der Waals surface area contributed by atoms with Gasteiger partial charge in [0.05, 0.1) is 0 Å². The van der Waals surface area contributed by atoms with Gasteiger partial charge in [0, 0.05) is 6.04 Å². The molecule has 1 unspecified atom stereocenters. The van der Waals surface area contributed by atoms with Gasteiger partial charge in [-0.3, -0.25) is 0 Å². The van der Waals surface area contributed by atoms with Crippen molar-refractivity contribution < 1.29 is 0 Å². The first-order valence-electron chi connectivity index (χ1n) is 8.95. The lowest BCUT2D eigenvalue weighted by Crippen LogP contribution is -2.31. The van der Waals surface area contributed by atoms with Crippen LogP contribution in [0.25, 0.3) is 0 Å². The minimum Gasteiger partial charge on any atom is -0.331 e. The maximum Gasteiger partial charge on any atom is 0.0219 e. The van der Waals surface area contributed by atoms with E-state index in [1.54, 1.807) is 0 Å². The summed E-state index contributed by atoms with van der Waals surface area (Å²) in [4.78, 5) is 0. The quantitative estimate of drug-likeness (QED) is 0.409. The van der Waals surface area contributed by atoms with Crippen LogP contribution in [0.3, 0.4) is 0 Å². The van der Waals surface area contributed by atoms with Crippen LogP contribution in [0.5, 0.6) is 0 Å². The lowest BCUT2D eigenvalue weighted by atomic mass is 9.73. The Morgan fingerprint density at radius 1 is 1.00 bits per heavy atom. The second-order valence-corrected chi connectivity index (χ2v) is 5.89. The van der Waals surface area contributed by atoms with E-state index in [9.17, 15) is 0 Å². The predicted molar refractivity (Wildman–Crippen MR) is 104 cm³/mol.